The molecule has 1 saturated heterocycles. The van der Waals surface area contributed by atoms with Crippen molar-refractivity contribution in [1.82, 2.24) is 14.8 Å². The normalized spacial score (nSPS) is 24.9. The molecule has 0 radical (unpaired) electrons. The van der Waals surface area contributed by atoms with Crippen molar-refractivity contribution in [1.29, 1.82) is 0 Å². The number of epoxide rings is 1. The topological polar surface area (TPSA) is 63.5 Å². The fourth-order valence-electron chi connectivity index (χ4n) is 2.06. The first-order valence-corrected chi connectivity index (χ1v) is 7.93. The van der Waals surface area contributed by atoms with E-state index in [1.54, 1.807) is 24.3 Å². The summed E-state index contributed by atoms with van der Waals surface area (Å²) in [4.78, 5) is 3.82. The van der Waals surface area contributed by atoms with Crippen molar-refractivity contribution in [3.8, 4) is 0 Å². The molecule has 1 aromatic heterocycles. The molecule has 1 saturated carbocycles. The van der Waals surface area contributed by atoms with Crippen LogP contribution in [0.5, 0.6) is 0 Å². The average Bonchev–Trinajstić information content (AvgIpc) is 3.39. The number of alkyl halides is 1. The van der Waals surface area contributed by atoms with Gasteiger partial charge in [0.15, 0.2) is 10.7 Å². The molecule has 7 heteroatoms. The molecule has 0 bridgehead atoms. The largest absolute Gasteiger partial charge is 0.370 e. The number of aromatic nitrogens is 3. The number of hydrogen-bond acceptors (Lipinski definition) is 4. The molecule has 2 atom stereocenters. The van der Waals surface area contributed by atoms with E-state index in [0.717, 1.165) is 5.56 Å². The van der Waals surface area contributed by atoms with Crippen LogP contribution in [0.4, 0.5) is 0 Å². The highest BCUT2D eigenvalue weighted by Crippen LogP contribution is 2.50. The van der Waals surface area contributed by atoms with Crippen LogP contribution in [-0.2, 0) is 16.9 Å². The first-order chi connectivity index (χ1) is 10.5. The third-order valence-corrected chi connectivity index (χ3v) is 4.23. The molecule has 2 aromatic rings. The van der Waals surface area contributed by atoms with Gasteiger partial charge in [0.1, 0.15) is 12.7 Å². The van der Waals surface area contributed by atoms with Gasteiger partial charge in [-0.15, -0.1) is 0 Å². The van der Waals surface area contributed by atoms with Crippen LogP contribution in [-0.4, -0.2) is 31.5 Å². The minimum atomic E-state index is -1.60. The summed E-state index contributed by atoms with van der Waals surface area (Å²) in [5, 5.41) is 13.5. The predicted octanol–water partition coefficient (Wildman–Crippen LogP) is 2.95. The van der Waals surface area contributed by atoms with Crippen LogP contribution >= 0.6 is 23.2 Å². The number of aliphatic hydroxyl groups is 1. The maximum Gasteiger partial charge on any atom is 0.193 e. The van der Waals surface area contributed by atoms with Crippen LogP contribution in [0.2, 0.25) is 5.02 Å². The zero-order chi connectivity index (χ0) is 15.6. The number of ether oxygens (including phenoxy) is 1. The second-order valence-electron chi connectivity index (χ2n) is 5.54. The lowest BCUT2D eigenvalue weighted by molar-refractivity contribution is 0.0163. The monoisotopic (exact) mass is 341 g/mol. The van der Waals surface area contributed by atoms with Crippen molar-refractivity contribution < 1.29 is 9.84 Å². The predicted molar refractivity (Wildman–Crippen MR) is 83.8 cm³/mol. The van der Waals surface area contributed by atoms with Crippen LogP contribution in [0.25, 0.3) is 0 Å². The zero-order valence-electron chi connectivity index (χ0n) is 12.0. The molecule has 1 N–H and O–H groups in total. The van der Waals surface area contributed by atoms with Crippen molar-refractivity contribution in [2.75, 3.05) is 6.61 Å². The molecule has 0 amide bonds. The summed E-state index contributed by atoms with van der Waals surface area (Å²) < 4.78 is 6.91. The van der Waals surface area contributed by atoms with E-state index in [-0.39, 0.29) is 6.54 Å². The van der Waals surface area contributed by atoms with Gasteiger partial charge in [-0.25, -0.2) is 9.67 Å². The summed E-state index contributed by atoms with van der Waals surface area (Å²) in [7, 11) is 0. The number of hydrogen-bond donors (Lipinski definition) is 1. The molecule has 1 aliphatic carbocycles. The molecule has 0 spiro atoms. The van der Waals surface area contributed by atoms with E-state index in [1.165, 1.54) is 36.6 Å². The second-order valence-corrected chi connectivity index (χ2v) is 6.60. The van der Waals surface area contributed by atoms with Gasteiger partial charge >= 0.3 is 0 Å². The lowest BCUT2D eigenvalue weighted by Crippen LogP contribution is -2.42. The van der Waals surface area contributed by atoms with Gasteiger partial charge in [0.2, 0.25) is 0 Å². The van der Waals surface area contributed by atoms with Crippen LogP contribution in [0.3, 0.4) is 0 Å². The molecule has 22 heavy (non-hydrogen) atoms. The maximum atomic E-state index is 10.5. The standard InChI is InChI=1S/C12H11Cl2N3O2.C3H6/c13-10-3-1-9(2-4-10)11(6-19-11)12(14,18)5-17-8-15-7-16-17;1-2-3-1/h1-4,7-8,18H,5-6H2;1-3H2. The highest BCUT2D eigenvalue weighted by atomic mass is 35.5. The van der Waals surface area contributed by atoms with Gasteiger partial charge in [-0.1, -0.05) is 54.6 Å². The van der Waals surface area contributed by atoms with E-state index in [2.05, 4.69) is 10.1 Å². The molecule has 4 rings (SSSR count). The van der Waals surface area contributed by atoms with E-state index in [9.17, 15) is 5.11 Å². The maximum absolute atomic E-state index is 10.5. The Labute approximate surface area is 138 Å². The fraction of sp³-hybridized carbons (Fsp3) is 0.467. The van der Waals surface area contributed by atoms with Gasteiger partial charge < -0.3 is 9.84 Å². The Hall–Kier alpha value is -1.14. The summed E-state index contributed by atoms with van der Waals surface area (Å²) >= 11 is 12.1. The summed E-state index contributed by atoms with van der Waals surface area (Å²) in [6.07, 6.45) is 7.38. The van der Waals surface area contributed by atoms with Crippen molar-refractivity contribution >= 4 is 23.2 Å². The quantitative estimate of drug-likeness (QED) is 0.685. The molecular weight excluding hydrogens is 325 g/mol. The first kappa shape index (κ1) is 15.7. The van der Waals surface area contributed by atoms with Crippen molar-refractivity contribution in [2.24, 2.45) is 0 Å². The third-order valence-electron chi connectivity index (χ3n) is 3.55. The van der Waals surface area contributed by atoms with E-state index < -0.39 is 10.7 Å². The highest BCUT2D eigenvalue weighted by Gasteiger charge is 2.62. The molecule has 118 valence electrons. The Morgan fingerprint density at radius 1 is 1.27 bits per heavy atom. The van der Waals surface area contributed by atoms with Crippen LogP contribution < -0.4 is 0 Å². The molecule has 2 fully saturated rings. The lowest BCUT2D eigenvalue weighted by atomic mass is 9.93. The van der Waals surface area contributed by atoms with E-state index in [0.29, 0.717) is 11.6 Å². The number of rotatable bonds is 4. The molecule has 1 aromatic carbocycles. The Kier molecular flexibility index (Phi) is 4.41. The Morgan fingerprint density at radius 2 is 1.91 bits per heavy atom. The van der Waals surface area contributed by atoms with E-state index in [4.69, 9.17) is 27.9 Å². The first-order valence-electron chi connectivity index (χ1n) is 7.17. The Balaban J connectivity index is 0.000000429. The van der Waals surface area contributed by atoms with Gasteiger partial charge in [-0.2, -0.15) is 5.10 Å². The van der Waals surface area contributed by atoms with Gasteiger partial charge in [-0.3, -0.25) is 0 Å². The molecule has 2 unspecified atom stereocenters. The van der Waals surface area contributed by atoms with Gasteiger partial charge in [0.05, 0.1) is 13.2 Å². The molecule has 1 aliphatic heterocycles. The minimum absolute atomic E-state index is 0.0805. The zero-order valence-corrected chi connectivity index (χ0v) is 13.5. The summed E-state index contributed by atoms with van der Waals surface area (Å²) in [6, 6.07) is 7.07. The fourth-order valence-corrected chi connectivity index (χ4v) is 2.52. The SMILES string of the molecule is C1CC1.OC(Cl)(Cn1cncn1)C1(c2ccc(Cl)cc2)CO1. The second kappa shape index (κ2) is 6.16. The van der Waals surface area contributed by atoms with E-state index in [1.807, 2.05) is 0 Å². The van der Waals surface area contributed by atoms with E-state index >= 15 is 0 Å². The van der Waals surface area contributed by atoms with Crippen LogP contribution in [0.15, 0.2) is 36.9 Å². The molecule has 2 heterocycles. The average molecular weight is 342 g/mol. The van der Waals surface area contributed by atoms with Crippen molar-refractivity contribution in [2.45, 2.75) is 36.5 Å². The van der Waals surface area contributed by atoms with Gasteiger partial charge in [0.25, 0.3) is 0 Å². The van der Waals surface area contributed by atoms with Crippen molar-refractivity contribution in [3.05, 3.63) is 47.5 Å². The van der Waals surface area contributed by atoms with Gasteiger partial charge in [0, 0.05) is 5.02 Å². The lowest BCUT2D eigenvalue weighted by Gasteiger charge is -2.28. The van der Waals surface area contributed by atoms with Crippen molar-refractivity contribution in [3.63, 3.8) is 0 Å². The smallest absolute Gasteiger partial charge is 0.193 e. The third kappa shape index (κ3) is 3.43. The minimum Gasteiger partial charge on any atom is -0.370 e. The molecular formula is C15H17Cl2N3O2. The van der Waals surface area contributed by atoms with Crippen LogP contribution in [0.1, 0.15) is 24.8 Å². The highest BCUT2D eigenvalue weighted by molar-refractivity contribution is 6.30. The number of halogens is 2. The summed E-state index contributed by atoms with van der Waals surface area (Å²) in [5.41, 5.74) is -0.139. The Morgan fingerprint density at radius 3 is 2.36 bits per heavy atom. The Bertz CT molecular complexity index is 605. The summed E-state index contributed by atoms with van der Waals surface area (Å²) in [6.45, 7) is 0.431. The molecule has 5 nitrogen and oxygen atoms in total. The van der Waals surface area contributed by atoms with Crippen LogP contribution in [0, 0.1) is 0 Å². The van der Waals surface area contributed by atoms with Gasteiger partial charge in [-0.05, 0) is 17.7 Å². The molecule has 2 aliphatic rings. The number of nitrogens with zero attached hydrogens (tertiary/aromatic N) is 3. The number of benzene rings is 1. The summed E-state index contributed by atoms with van der Waals surface area (Å²) in [5.74, 6) is 0.